The van der Waals surface area contributed by atoms with Crippen LogP contribution in [0.1, 0.15) is 20.3 Å². The largest absolute Gasteiger partial charge is 0.291 e. The van der Waals surface area contributed by atoms with Crippen molar-refractivity contribution in [1.29, 1.82) is 0 Å². The summed E-state index contributed by atoms with van der Waals surface area (Å²) in [6, 6.07) is 0. The molecule has 0 spiro atoms. The van der Waals surface area contributed by atoms with E-state index in [9.17, 15) is 0 Å². The van der Waals surface area contributed by atoms with Crippen LogP contribution in [0.5, 0.6) is 0 Å². The van der Waals surface area contributed by atoms with E-state index in [2.05, 4.69) is 23.8 Å². The maximum atomic E-state index is 4.39. The van der Waals surface area contributed by atoms with E-state index in [-0.39, 0.29) is 0 Å². The summed E-state index contributed by atoms with van der Waals surface area (Å²) < 4.78 is 0. The fourth-order valence-corrected chi connectivity index (χ4v) is 0.913. The number of hydrogen-bond acceptors (Lipinski definition) is 2. The molecule has 0 bridgehead atoms. The molecule has 0 aliphatic carbocycles. The highest BCUT2D eigenvalue weighted by atomic mass is 14.8. The highest BCUT2D eigenvalue weighted by Gasteiger charge is 2.02. The van der Waals surface area contributed by atoms with E-state index in [4.69, 9.17) is 0 Å². The molecule has 0 N–H and O–H groups in total. The van der Waals surface area contributed by atoms with E-state index >= 15 is 0 Å². The number of rotatable bonds is 1. The van der Waals surface area contributed by atoms with Gasteiger partial charge in [-0.1, -0.05) is 13.8 Å². The molecule has 2 heteroatoms. The molecule has 1 rings (SSSR count). The van der Waals surface area contributed by atoms with Crippen molar-refractivity contribution in [3.63, 3.8) is 0 Å². The first-order valence-corrected chi connectivity index (χ1v) is 3.86. The summed E-state index contributed by atoms with van der Waals surface area (Å²) >= 11 is 0. The van der Waals surface area contributed by atoms with Crippen LogP contribution in [-0.4, -0.2) is 25.0 Å². The summed E-state index contributed by atoms with van der Waals surface area (Å²) in [5, 5.41) is 0. The van der Waals surface area contributed by atoms with Gasteiger partial charge in [-0.05, 0) is 12.3 Å². The van der Waals surface area contributed by atoms with Crippen LogP contribution in [0.3, 0.4) is 0 Å². The Labute approximate surface area is 62.1 Å². The van der Waals surface area contributed by atoms with E-state index in [1.165, 1.54) is 0 Å². The molecule has 2 nitrogen and oxygen atoms in total. The van der Waals surface area contributed by atoms with Gasteiger partial charge in [0, 0.05) is 19.3 Å². The van der Waals surface area contributed by atoms with Crippen LogP contribution in [-0.2, 0) is 0 Å². The topological polar surface area (TPSA) is 24.7 Å². The maximum absolute atomic E-state index is 4.39. The van der Waals surface area contributed by atoms with Crippen molar-refractivity contribution in [1.82, 2.24) is 0 Å². The second kappa shape index (κ2) is 3.49. The summed E-state index contributed by atoms with van der Waals surface area (Å²) in [5.74, 6) is 0.625. The molecule has 0 aromatic rings. The Hall–Kier alpha value is -0.660. The molecular formula is C8H14N2. The Balaban J connectivity index is 2.57. The minimum atomic E-state index is 0.625. The lowest BCUT2D eigenvalue weighted by Crippen LogP contribution is -2.01. The summed E-state index contributed by atoms with van der Waals surface area (Å²) in [4.78, 5) is 8.64. The Bertz CT molecular complexity index is 159. The Kier molecular flexibility index (Phi) is 2.60. The van der Waals surface area contributed by atoms with Gasteiger partial charge in [-0.15, -0.1) is 0 Å². The first-order valence-electron chi connectivity index (χ1n) is 3.86. The molecule has 0 aromatic carbocycles. The van der Waals surface area contributed by atoms with Gasteiger partial charge >= 0.3 is 0 Å². The van der Waals surface area contributed by atoms with Crippen molar-refractivity contribution in [2.75, 3.05) is 13.1 Å². The highest BCUT2D eigenvalue weighted by molar-refractivity contribution is 6.30. The van der Waals surface area contributed by atoms with E-state index in [1.807, 2.05) is 6.21 Å². The van der Waals surface area contributed by atoms with E-state index < -0.39 is 0 Å². The Morgan fingerprint density at radius 2 is 2.40 bits per heavy atom. The minimum Gasteiger partial charge on any atom is -0.291 e. The van der Waals surface area contributed by atoms with Gasteiger partial charge in [0.25, 0.3) is 0 Å². The molecule has 10 heavy (non-hydrogen) atoms. The van der Waals surface area contributed by atoms with Gasteiger partial charge < -0.3 is 0 Å². The number of hydrogen-bond donors (Lipinski definition) is 0. The monoisotopic (exact) mass is 138 g/mol. The van der Waals surface area contributed by atoms with Crippen molar-refractivity contribution < 1.29 is 0 Å². The summed E-state index contributed by atoms with van der Waals surface area (Å²) in [6.07, 6.45) is 2.92. The lowest BCUT2D eigenvalue weighted by molar-refractivity contribution is 0.617. The first-order chi connectivity index (χ1) is 4.83. The van der Waals surface area contributed by atoms with Crippen molar-refractivity contribution >= 4 is 11.9 Å². The van der Waals surface area contributed by atoms with Crippen LogP contribution in [0.15, 0.2) is 9.98 Å². The molecule has 0 saturated heterocycles. The smallest absolute Gasteiger partial charge is 0.0523 e. The fourth-order valence-electron chi connectivity index (χ4n) is 0.913. The predicted molar refractivity (Wildman–Crippen MR) is 45.1 cm³/mol. The van der Waals surface area contributed by atoms with Gasteiger partial charge in [-0.25, -0.2) is 0 Å². The zero-order valence-electron chi connectivity index (χ0n) is 6.67. The van der Waals surface area contributed by atoms with Gasteiger partial charge in [0.05, 0.1) is 5.71 Å². The van der Waals surface area contributed by atoms with Gasteiger partial charge in [0.1, 0.15) is 0 Å². The van der Waals surface area contributed by atoms with Crippen LogP contribution in [0.2, 0.25) is 0 Å². The average molecular weight is 138 g/mol. The average Bonchev–Trinajstić information content (AvgIpc) is 2.14. The molecule has 0 fully saturated rings. The highest BCUT2D eigenvalue weighted by Crippen LogP contribution is 2.00. The van der Waals surface area contributed by atoms with Crippen molar-refractivity contribution in [3.05, 3.63) is 0 Å². The first kappa shape index (κ1) is 7.45. The SMILES string of the molecule is CCC1=NCC(C)CN=C1. The third kappa shape index (κ3) is 1.94. The molecule has 1 atom stereocenters. The number of nitrogens with zero attached hydrogens (tertiary/aromatic N) is 2. The predicted octanol–water partition coefficient (Wildman–Crippen LogP) is 1.56. The van der Waals surface area contributed by atoms with Gasteiger partial charge in [0.2, 0.25) is 0 Å². The Morgan fingerprint density at radius 1 is 1.60 bits per heavy atom. The molecule has 1 aliphatic rings. The molecule has 0 amide bonds. The third-order valence-corrected chi connectivity index (χ3v) is 1.63. The van der Waals surface area contributed by atoms with E-state index in [0.717, 1.165) is 25.2 Å². The van der Waals surface area contributed by atoms with Crippen LogP contribution in [0.4, 0.5) is 0 Å². The normalized spacial score (nSPS) is 25.8. The van der Waals surface area contributed by atoms with E-state index in [0.29, 0.717) is 5.92 Å². The van der Waals surface area contributed by atoms with Crippen molar-refractivity contribution in [2.45, 2.75) is 20.3 Å². The lowest BCUT2D eigenvalue weighted by Gasteiger charge is -1.99. The van der Waals surface area contributed by atoms with Gasteiger partial charge in [-0.3, -0.25) is 9.98 Å². The molecule has 1 unspecified atom stereocenters. The Morgan fingerprint density at radius 3 is 3.10 bits per heavy atom. The van der Waals surface area contributed by atoms with Crippen LogP contribution in [0.25, 0.3) is 0 Å². The number of aliphatic imine (C=N–C) groups is 2. The fraction of sp³-hybridized carbons (Fsp3) is 0.750. The zero-order valence-corrected chi connectivity index (χ0v) is 6.67. The van der Waals surface area contributed by atoms with Crippen molar-refractivity contribution in [3.8, 4) is 0 Å². The maximum Gasteiger partial charge on any atom is 0.0523 e. The molecule has 1 heterocycles. The van der Waals surface area contributed by atoms with Gasteiger partial charge in [-0.2, -0.15) is 0 Å². The second-order valence-electron chi connectivity index (χ2n) is 2.78. The molecule has 0 radical (unpaired) electrons. The van der Waals surface area contributed by atoms with Crippen LogP contribution in [0, 0.1) is 5.92 Å². The summed E-state index contributed by atoms with van der Waals surface area (Å²) in [6.45, 7) is 6.18. The molecular weight excluding hydrogens is 124 g/mol. The lowest BCUT2D eigenvalue weighted by atomic mass is 10.2. The summed E-state index contributed by atoms with van der Waals surface area (Å²) in [7, 11) is 0. The van der Waals surface area contributed by atoms with Crippen LogP contribution >= 0.6 is 0 Å². The quantitative estimate of drug-likeness (QED) is 0.525. The third-order valence-electron chi connectivity index (χ3n) is 1.63. The molecule has 1 aliphatic heterocycles. The van der Waals surface area contributed by atoms with Crippen LogP contribution < -0.4 is 0 Å². The standard InChI is InChI=1S/C8H14N2/c1-3-8-6-9-4-7(2)5-10-8/h6-7H,3-5H2,1-2H3. The zero-order chi connectivity index (χ0) is 7.40. The van der Waals surface area contributed by atoms with E-state index in [1.54, 1.807) is 0 Å². The molecule has 0 aromatic heterocycles. The molecule has 0 saturated carbocycles. The molecule has 56 valence electrons. The second-order valence-corrected chi connectivity index (χ2v) is 2.78. The van der Waals surface area contributed by atoms with Gasteiger partial charge in [0.15, 0.2) is 0 Å². The summed E-state index contributed by atoms with van der Waals surface area (Å²) in [5.41, 5.74) is 1.14. The van der Waals surface area contributed by atoms with Crippen molar-refractivity contribution in [2.24, 2.45) is 15.9 Å². The minimum absolute atomic E-state index is 0.625.